The third kappa shape index (κ3) is 3.82. The van der Waals surface area contributed by atoms with Crippen LogP contribution in [0.3, 0.4) is 0 Å². The molecule has 0 spiro atoms. The van der Waals surface area contributed by atoms with Gasteiger partial charge in [-0.2, -0.15) is 0 Å². The molecule has 2 atom stereocenters. The Morgan fingerprint density at radius 3 is 1.85 bits per heavy atom. The molecule has 1 aliphatic carbocycles. The minimum absolute atomic E-state index is 0.0606. The predicted molar refractivity (Wildman–Crippen MR) is 144 cm³/mol. The molecule has 174 valence electrons. The summed E-state index contributed by atoms with van der Waals surface area (Å²) >= 11 is 6.10. The Balaban J connectivity index is 1.55. The quantitative estimate of drug-likeness (QED) is 0.269. The molecule has 0 bridgehead atoms. The van der Waals surface area contributed by atoms with E-state index in [4.69, 9.17) is 25.4 Å². The minimum Gasteiger partial charge on any atom is -0.415 e. The molecule has 6 rings (SSSR count). The predicted octanol–water partition coefficient (Wildman–Crippen LogP) is 8.89. The maximum Gasteiger partial charge on any atom is 0.435 e. The van der Waals surface area contributed by atoms with Crippen molar-refractivity contribution in [2.24, 2.45) is 11.8 Å². The molecule has 0 amide bonds. The Labute approximate surface area is 206 Å². The van der Waals surface area contributed by atoms with Crippen LogP contribution in [0.1, 0.15) is 39.5 Å². The van der Waals surface area contributed by atoms with Crippen LogP contribution in [-0.2, 0) is 16.3 Å². The van der Waals surface area contributed by atoms with Crippen molar-refractivity contribution in [1.29, 1.82) is 0 Å². The SMILES string of the molecule is CC(C)[C@@H]1CCCC[C@H]1OP1(=S)Oc2ccc3ccccc3c2-c2c(ccc3ccccc23)O1. The molecule has 5 heteroatoms. The summed E-state index contributed by atoms with van der Waals surface area (Å²) in [6.07, 6.45) is 4.64. The van der Waals surface area contributed by atoms with Crippen molar-refractivity contribution in [3.63, 3.8) is 0 Å². The Bertz CT molecular complexity index is 1340. The molecule has 0 N–H and O–H groups in total. The first-order valence-corrected chi connectivity index (χ1v) is 14.8. The molecule has 0 aromatic heterocycles. The van der Waals surface area contributed by atoms with Crippen LogP contribution in [0.5, 0.6) is 11.5 Å². The Kier molecular flexibility index (Phi) is 5.64. The minimum atomic E-state index is -3.09. The topological polar surface area (TPSA) is 27.7 Å². The van der Waals surface area contributed by atoms with E-state index in [1.165, 1.54) is 12.8 Å². The van der Waals surface area contributed by atoms with E-state index in [-0.39, 0.29) is 6.10 Å². The normalized spacial score (nSPS) is 21.4. The molecular formula is C29H29O3PS. The number of rotatable bonds is 3. The summed E-state index contributed by atoms with van der Waals surface area (Å²) in [5.41, 5.74) is 2.06. The molecule has 1 aliphatic heterocycles. The van der Waals surface area contributed by atoms with Gasteiger partial charge in [0, 0.05) is 22.9 Å². The fraction of sp³-hybridized carbons (Fsp3) is 0.310. The second-order valence-electron chi connectivity index (χ2n) is 9.79. The van der Waals surface area contributed by atoms with Crippen LogP contribution in [0.15, 0.2) is 72.8 Å². The Morgan fingerprint density at radius 2 is 1.29 bits per heavy atom. The molecule has 1 saturated carbocycles. The summed E-state index contributed by atoms with van der Waals surface area (Å²) in [5, 5.41) is 4.57. The van der Waals surface area contributed by atoms with Crippen LogP contribution < -0.4 is 9.05 Å². The molecule has 0 radical (unpaired) electrons. The van der Waals surface area contributed by atoms with Crippen LogP contribution in [0.4, 0.5) is 0 Å². The van der Waals surface area contributed by atoms with Crippen molar-refractivity contribution < 1.29 is 13.6 Å². The zero-order valence-corrected chi connectivity index (χ0v) is 21.3. The summed E-state index contributed by atoms with van der Waals surface area (Å²) in [6, 6.07) is 25.1. The number of benzene rings is 4. The van der Waals surface area contributed by atoms with E-state index in [0.717, 1.165) is 57.0 Å². The highest BCUT2D eigenvalue weighted by atomic mass is 32.5. The van der Waals surface area contributed by atoms with E-state index in [9.17, 15) is 0 Å². The summed E-state index contributed by atoms with van der Waals surface area (Å²) in [4.78, 5) is 0. The highest BCUT2D eigenvalue weighted by Gasteiger charge is 2.39. The van der Waals surface area contributed by atoms with E-state index in [0.29, 0.717) is 11.8 Å². The lowest BCUT2D eigenvalue weighted by atomic mass is 9.79. The van der Waals surface area contributed by atoms with E-state index in [2.05, 4.69) is 74.5 Å². The fourth-order valence-corrected chi connectivity index (χ4v) is 7.97. The molecule has 1 heterocycles. The van der Waals surface area contributed by atoms with E-state index in [1.807, 2.05) is 12.1 Å². The maximum absolute atomic E-state index is 6.69. The monoisotopic (exact) mass is 488 g/mol. The van der Waals surface area contributed by atoms with E-state index >= 15 is 0 Å². The summed E-state index contributed by atoms with van der Waals surface area (Å²) in [6.45, 7) is 1.46. The zero-order valence-electron chi connectivity index (χ0n) is 19.6. The average molecular weight is 489 g/mol. The molecule has 34 heavy (non-hydrogen) atoms. The molecule has 0 saturated heterocycles. The van der Waals surface area contributed by atoms with Gasteiger partial charge in [0.15, 0.2) is 0 Å². The van der Waals surface area contributed by atoms with Crippen LogP contribution in [0.25, 0.3) is 32.7 Å². The molecule has 4 aromatic carbocycles. The van der Waals surface area contributed by atoms with Crippen molar-refractivity contribution in [2.75, 3.05) is 0 Å². The van der Waals surface area contributed by atoms with Gasteiger partial charge < -0.3 is 9.05 Å². The van der Waals surface area contributed by atoms with E-state index in [1.54, 1.807) is 0 Å². The smallest absolute Gasteiger partial charge is 0.415 e. The van der Waals surface area contributed by atoms with Gasteiger partial charge in [-0.25, -0.2) is 0 Å². The van der Waals surface area contributed by atoms with Gasteiger partial charge in [-0.15, -0.1) is 0 Å². The van der Waals surface area contributed by atoms with Gasteiger partial charge in [0.1, 0.15) is 11.5 Å². The fourth-order valence-electron chi connectivity index (χ4n) is 5.66. The Morgan fingerprint density at radius 1 is 0.765 bits per heavy atom. The van der Waals surface area contributed by atoms with Gasteiger partial charge in [-0.05, 0) is 58.4 Å². The van der Waals surface area contributed by atoms with Crippen LogP contribution in [0.2, 0.25) is 0 Å². The molecule has 4 aromatic rings. The molecule has 0 unspecified atom stereocenters. The first kappa shape index (κ1) is 22.1. The lowest BCUT2D eigenvalue weighted by molar-refractivity contribution is 0.0578. The lowest BCUT2D eigenvalue weighted by Crippen LogP contribution is -2.31. The van der Waals surface area contributed by atoms with Crippen LogP contribution >= 0.6 is 6.72 Å². The largest absolute Gasteiger partial charge is 0.435 e. The second-order valence-corrected chi connectivity index (χ2v) is 12.6. The molecule has 2 aliphatic rings. The van der Waals surface area contributed by atoms with Gasteiger partial charge in [-0.3, -0.25) is 4.52 Å². The van der Waals surface area contributed by atoms with Crippen molar-refractivity contribution in [2.45, 2.75) is 45.6 Å². The highest BCUT2D eigenvalue weighted by Crippen LogP contribution is 2.61. The molecular weight excluding hydrogens is 459 g/mol. The number of fused-ring (bicyclic) bond motifs is 7. The summed E-state index contributed by atoms with van der Waals surface area (Å²) in [5.74, 6) is 2.49. The number of hydrogen-bond donors (Lipinski definition) is 0. The van der Waals surface area contributed by atoms with Gasteiger partial charge in [0.2, 0.25) is 0 Å². The van der Waals surface area contributed by atoms with Crippen molar-refractivity contribution in [1.82, 2.24) is 0 Å². The maximum atomic E-state index is 6.69. The molecule has 1 fully saturated rings. The molecule has 3 nitrogen and oxygen atoms in total. The summed E-state index contributed by atoms with van der Waals surface area (Å²) in [7, 11) is 0. The third-order valence-corrected chi connectivity index (χ3v) is 9.40. The zero-order chi connectivity index (χ0) is 23.3. The third-order valence-electron chi connectivity index (χ3n) is 7.33. The van der Waals surface area contributed by atoms with Gasteiger partial charge >= 0.3 is 6.72 Å². The summed E-state index contributed by atoms with van der Waals surface area (Å²) < 4.78 is 19.9. The van der Waals surface area contributed by atoms with Gasteiger partial charge in [0.25, 0.3) is 0 Å². The van der Waals surface area contributed by atoms with Crippen molar-refractivity contribution in [3.05, 3.63) is 72.8 Å². The Hall–Kier alpha value is -2.39. The van der Waals surface area contributed by atoms with Crippen LogP contribution in [0, 0.1) is 11.8 Å². The van der Waals surface area contributed by atoms with Gasteiger partial charge in [-0.1, -0.05) is 87.4 Å². The number of hydrogen-bond acceptors (Lipinski definition) is 4. The van der Waals surface area contributed by atoms with Crippen molar-refractivity contribution >= 4 is 40.1 Å². The lowest BCUT2D eigenvalue weighted by Gasteiger charge is -2.36. The first-order valence-electron chi connectivity index (χ1n) is 12.2. The van der Waals surface area contributed by atoms with Crippen molar-refractivity contribution in [3.8, 4) is 22.6 Å². The van der Waals surface area contributed by atoms with Gasteiger partial charge in [0.05, 0.1) is 6.10 Å². The van der Waals surface area contributed by atoms with E-state index < -0.39 is 6.72 Å². The first-order chi connectivity index (χ1) is 16.5. The average Bonchev–Trinajstić information content (AvgIpc) is 2.97. The van der Waals surface area contributed by atoms with Crippen LogP contribution in [-0.4, -0.2) is 6.10 Å². The standard InChI is InChI=1S/C29H29O3PS/c1-19(2)22-11-7-8-14-25(22)30-33(34)31-26-17-15-20-9-3-5-12-23(20)28(26)29-24-13-6-4-10-21(24)16-18-27(29)32-33/h3-6,9-10,12-13,15-19,22,25H,7-8,11,14H2,1-2H3/t22-,25+/m0/s1. The second kappa shape index (κ2) is 8.68. The highest BCUT2D eigenvalue weighted by molar-refractivity contribution is 8.07.